The van der Waals surface area contributed by atoms with E-state index in [0.29, 0.717) is 21.5 Å². The van der Waals surface area contributed by atoms with Crippen molar-refractivity contribution >= 4 is 28.4 Å². The predicted molar refractivity (Wildman–Crippen MR) is 75.8 cm³/mol. The molecule has 4 heteroatoms. The molecule has 3 rings (SSSR count). The Morgan fingerprint density at radius 2 is 1.95 bits per heavy atom. The van der Waals surface area contributed by atoms with Crippen LogP contribution in [0.25, 0.3) is 11.0 Å². The van der Waals surface area contributed by atoms with E-state index < -0.39 is 5.82 Å². The molecule has 100 valence electrons. The molecule has 0 saturated carbocycles. The Kier molecular flexibility index (Phi) is 3.07. The summed E-state index contributed by atoms with van der Waals surface area (Å²) in [6.45, 7) is 1.76. The number of carbonyl (C=O) groups is 1. The predicted octanol–water partition coefficient (Wildman–Crippen LogP) is 4.76. The van der Waals surface area contributed by atoms with Crippen molar-refractivity contribution in [2.75, 3.05) is 0 Å². The zero-order chi connectivity index (χ0) is 14.3. The summed E-state index contributed by atoms with van der Waals surface area (Å²) in [5.41, 5.74) is 1.23. The molecule has 0 bridgehead atoms. The Labute approximate surface area is 119 Å². The smallest absolute Gasteiger partial charge is 0.228 e. The highest BCUT2D eigenvalue weighted by Gasteiger charge is 2.18. The van der Waals surface area contributed by atoms with E-state index >= 15 is 0 Å². The van der Waals surface area contributed by atoms with E-state index in [0.717, 1.165) is 0 Å². The standard InChI is InChI=1S/C16H10ClFO2/c1-9-11(5-3-6-12(9)17)15(19)14-8-10-4-2-7-13(18)16(10)20-14/h2-8H,1H3. The maximum atomic E-state index is 13.6. The lowest BCUT2D eigenvalue weighted by Crippen LogP contribution is -2.02. The Morgan fingerprint density at radius 3 is 2.70 bits per heavy atom. The number of ketones is 1. The SMILES string of the molecule is Cc1c(Cl)cccc1C(=O)c1cc2cccc(F)c2o1. The highest BCUT2D eigenvalue weighted by molar-refractivity contribution is 6.32. The highest BCUT2D eigenvalue weighted by atomic mass is 35.5. The van der Waals surface area contributed by atoms with Crippen LogP contribution in [0.2, 0.25) is 5.02 Å². The highest BCUT2D eigenvalue weighted by Crippen LogP contribution is 2.26. The molecule has 3 aromatic rings. The van der Waals surface area contributed by atoms with Crippen LogP contribution in [-0.4, -0.2) is 5.78 Å². The van der Waals surface area contributed by atoms with Gasteiger partial charge in [0, 0.05) is 16.0 Å². The van der Waals surface area contributed by atoms with Crippen molar-refractivity contribution in [3.05, 3.63) is 70.2 Å². The molecule has 0 unspecified atom stereocenters. The fourth-order valence-corrected chi connectivity index (χ4v) is 2.30. The summed E-state index contributed by atoms with van der Waals surface area (Å²) in [6.07, 6.45) is 0. The number of fused-ring (bicyclic) bond motifs is 1. The summed E-state index contributed by atoms with van der Waals surface area (Å²) in [5.74, 6) is -0.680. The summed E-state index contributed by atoms with van der Waals surface area (Å²) in [6, 6.07) is 11.2. The molecule has 0 spiro atoms. The van der Waals surface area contributed by atoms with Crippen molar-refractivity contribution in [2.45, 2.75) is 6.92 Å². The number of furan rings is 1. The van der Waals surface area contributed by atoms with Gasteiger partial charge in [-0.2, -0.15) is 0 Å². The van der Waals surface area contributed by atoms with Gasteiger partial charge in [0.1, 0.15) is 0 Å². The number of hydrogen-bond donors (Lipinski definition) is 0. The fourth-order valence-electron chi connectivity index (χ4n) is 2.13. The van der Waals surface area contributed by atoms with Gasteiger partial charge in [-0.3, -0.25) is 4.79 Å². The minimum Gasteiger partial charge on any atom is -0.449 e. The first-order chi connectivity index (χ1) is 9.58. The molecule has 0 fully saturated rings. The first-order valence-corrected chi connectivity index (χ1v) is 6.43. The van der Waals surface area contributed by atoms with Crippen LogP contribution in [-0.2, 0) is 0 Å². The Morgan fingerprint density at radius 1 is 1.20 bits per heavy atom. The van der Waals surface area contributed by atoms with E-state index in [1.165, 1.54) is 6.07 Å². The zero-order valence-corrected chi connectivity index (χ0v) is 11.4. The molecule has 0 N–H and O–H groups in total. The number of hydrogen-bond acceptors (Lipinski definition) is 2. The van der Waals surface area contributed by atoms with Crippen LogP contribution in [0.5, 0.6) is 0 Å². The molecule has 0 aliphatic rings. The van der Waals surface area contributed by atoms with E-state index in [-0.39, 0.29) is 17.1 Å². The molecule has 20 heavy (non-hydrogen) atoms. The maximum absolute atomic E-state index is 13.6. The van der Waals surface area contributed by atoms with Gasteiger partial charge in [-0.05, 0) is 30.7 Å². The number of carbonyl (C=O) groups excluding carboxylic acids is 1. The molecule has 2 nitrogen and oxygen atoms in total. The summed E-state index contributed by atoms with van der Waals surface area (Å²) in [7, 11) is 0. The lowest BCUT2D eigenvalue weighted by Gasteiger charge is -2.04. The van der Waals surface area contributed by atoms with Crippen molar-refractivity contribution in [2.24, 2.45) is 0 Å². The van der Waals surface area contributed by atoms with Crippen molar-refractivity contribution in [1.82, 2.24) is 0 Å². The first-order valence-electron chi connectivity index (χ1n) is 6.06. The number of halogens is 2. The lowest BCUT2D eigenvalue weighted by atomic mass is 10.0. The summed E-state index contributed by atoms with van der Waals surface area (Å²) in [5, 5.41) is 1.08. The molecule has 0 atom stereocenters. The summed E-state index contributed by atoms with van der Waals surface area (Å²) >= 11 is 6.01. The van der Waals surface area contributed by atoms with Gasteiger partial charge >= 0.3 is 0 Å². The first kappa shape index (κ1) is 12.9. The number of benzene rings is 2. The largest absolute Gasteiger partial charge is 0.449 e. The van der Waals surface area contributed by atoms with Gasteiger partial charge in [0.25, 0.3) is 0 Å². The van der Waals surface area contributed by atoms with Crippen molar-refractivity contribution < 1.29 is 13.6 Å². The average molecular weight is 289 g/mol. The van der Waals surface area contributed by atoms with Crippen LogP contribution in [0.3, 0.4) is 0 Å². The molecule has 0 radical (unpaired) electrons. The molecule has 0 amide bonds. The Hall–Kier alpha value is -2.13. The van der Waals surface area contributed by atoms with Crippen molar-refractivity contribution in [3.8, 4) is 0 Å². The monoisotopic (exact) mass is 288 g/mol. The zero-order valence-electron chi connectivity index (χ0n) is 10.6. The Balaban J connectivity index is 2.13. The van der Waals surface area contributed by atoms with Crippen LogP contribution < -0.4 is 0 Å². The number of para-hydroxylation sites is 1. The third kappa shape index (κ3) is 2.00. The third-order valence-corrected chi connectivity index (χ3v) is 3.64. The van der Waals surface area contributed by atoms with Gasteiger partial charge in [0.15, 0.2) is 17.2 Å². The molecule has 1 heterocycles. The fraction of sp³-hybridized carbons (Fsp3) is 0.0625. The summed E-state index contributed by atoms with van der Waals surface area (Å²) < 4.78 is 18.9. The topological polar surface area (TPSA) is 30.2 Å². The van der Waals surface area contributed by atoms with Gasteiger partial charge in [0.2, 0.25) is 5.78 Å². The van der Waals surface area contributed by atoms with Crippen LogP contribution in [0, 0.1) is 12.7 Å². The molecule has 0 saturated heterocycles. The third-order valence-electron chi connectivity index (χ3n) is 3.23. The second-order valence-corrected chi connectivity index (χ2v) is 4.92. The van der Waals surface area contributed by atoms with Crippen molar-refractivity contribution in [1.29, 1.82) is 0 Å². The van der Waals surface area contributed by atoms with Crippen molar-refractivity contribution in [3.63, 3.8) is 0 Å². The summed E-state index contributed by atoms with van der Waals surface area (Å²) in [4.78, 5) is 12.4. The molecular formula is C16H10ClFO2. The van der Waals surface area contributed by atoms with E-state index in [2.05, 4.69) is 0 Å². The minimum absolute atomic E-state index is 0.0931. The molecular weight excluding hydrogens is 279 g/mol. The molecule has 1 aromatic heterocycles. The minimum atomic E-state index is -0.482. The number of rotatable bonds is 2. The van der Waals surface area contributed by atoms with Crippen LogP contribution in [0.4, 0.5) is 4.39 Å². The van der Waals surface area contributed by atoms with Crippen LogP contribution in [0.15, 0.2) is 46.9 Å². The van der Waals surface area contributed by atoms with Gasteiger partial charge in [-0.25, -0.2) is 4.39 Å². The average Bonchev–Trinajstić information content (AvgIpc) is 2.87. The van der Waals surface area contributed by atoms with E-state index in [1.807, 2.05) is 0 Å². The van der Waals surface area contributed by atoms with E-state index in [9.17, 15) is 9.18 Å². The van der Waals surface area contributed by atoms with Gasteiger partial charge < -0.3 is 4.42 Å². The molecule has 0 aliphatic heterocycles. The molecule has 2 aromatic carbocycles. The lowest BCUT2D eigenvalue weighted by molar-refractivity contribution is 0.101. The Bertz CT molecular complexity index is 820. The van der Waals surface area contributed by atoms with Gasteiger partial charge in [-0.1, -0.05) is 35.9 Å². The maximum Gasteiger partial charge on any atom is 0.228 e. The quantitative estimate of drug-likeness (QED) is 0.636. The van der Waals surface area contributed by atoms with Crippen LogP contribution in [0.1, 0.15) is 21.7 Å². The van der Waals surface area contributed by atoms with Crippen LogP contribution >= 0.6 is 11.6 Å². The van der Waals surface area contributed by atoms with E-state index in [1.54, 1.807) is 43.3 Å². The molecule has 0 aliphatic carbocycles. The van der Waals surface area contributed by atoms with Gasteiger partial charge in [0.05, 0.1) is 0 Å². The van der Waals surface area contributed by atoms with E-state index in [4.69, 9.17) is 16.0 Å². The second-order valence-electron chi connectivity index (χ2n) is 4.51. The normalized spacial score (nSPS) is 10.9. The van der Waals surface area contributed by atoms with Gasteiger partial charge in [-0.15, -0.1) is 0 Å². The second kappa shape index (κ2) is 4.76.